The number of hydrogen-bond donors (Lipinski definition) is 1. The molecule has 0 spiro atoms. The van der Waals surface area contributed by atoms with Gasteiger partial charge in [-0.05, 0) is 68.0 Å². The van der Waals surface area contributed by atoms with E-state index in [9.17, 15) is 14.7 Å². The van der Waals surface area contributed by atoms with Gasteiger partial charge in [-0.15, -0.1) is 0 Å². The first-order chi connectivity index (χ1) is 15.9. The number of carbonyl (C=O) groups is 2. The number of phenolic OH excluding ortho intramolecular Hbond substituents is 1. The fraction of sp³-hybridized carbons (Fsp3) is 0.310. The Hall–Kier alpha value is -3.40. The third-order valence-corrected chi connectivity index (χ3v) is 5.87. The van der Waals surface area contributed by atoms with Gasteiger partial charge < -0.3 is 9.84 Å². The molecule has 4 heteroatoms. The lowest BCUT2D eigenvalue weighted by atomic mass is 9.96. The lowest BCUT2D eigenvalue weighted by Crippen LogP contribution is -2.13. The zero-order valence-electron chi connectivity index (χ0n) is 19.7. The van der Waals surface area contributed by atoms with Crippen molar-refractivity contribution in [3.63, 3.8) is 0 Å². The molecule has 4 nitrogen and oxygen atoms in total. The molecule has 3 aromatic rings. The molecular weight excluding hydrogens is 412 g/mol. The smallest absolute Gasteiger partial charge is 0.343 e. The number of unbranched alkanes of at least 4 members (excludes halogenated alkanes) is 2. The first-order valence-electron chi connectivity index (χ1n) is 11.7. The number of aromatic hydroxyl groups is 1. The van der Waals surface area contributed by atoms with Crippen LogP contribution in [0.2, 0.25) is 0 Å². The molecule has 172 valence electrons. The fourth-order valence-corrected chi connectivity index (χ4v) is 3.74. The molecule has 0 aliphatic rings. The minimum Gasteiger partial charge on any atom is -0.508 e. The number of phenols is 1. The van der Waals surface area contributed by atoms with Crippen molar-refractivity contribution in [3.05, 3.63) is 94.0 Å². The summed E-state index contributed by atoms with van der Waals surface area (Å²) in [6, 6.07) is 17.7. The van der Waals surface area contributed by atoms with E-state index in [0.29, 0.717) is 16.7 Å². The third kappa shape index (κ3) is 6.10. The van der Waals surface area contributed by atoms with E-state index >= 15 is 0 Å². The summed E-state index contributed by atoms with van der Waals surface area (Å²) in [7, 11) is 0. The van der Waals surface area contributed by atoms with E-state index in [4.69, 9.17) is 4.74 Å². The largest absolute Gasteiger partial charge is 0.508 e. The second-order valence-electron chi connectivity index (χ2n) is 8.40. The molecule has 0 aromatic heterocycles. The Morgan fingerprint density at radius 3 is 1.79 bits per heavy atom. The number of benzene rings is 3. The standard InChI is InChI=1S/C29H32O4/c1-4-6-8-21-10-14-23(15-11-21)28(31)27-20(3)25(30)18-19-26(27)33-29(32)24-16-12-22(13-17-24)9-7-5-2/h10-19,30H,4-9H2,1-3H3. The monoisotopic (exact) mass is 444 g/mol. The van der Waals surface area contributed by atoms with Gasteiger partial charge in [0.05, 0.1) is 11.1 Å². The van der Waals surface area contributed by atoms with Crippen LogP contribution in [0.15, 0.2) is 60.7 Å². The molecule has 0 heterocycles. The quantitative estimate of drug-likeness (QED) is 0.211. The van der Waals surface area contributed by atoms with Crippen molar-refractivity contribution < 1.29 is 19.4 Å². The van der Waals surface area contributed by atoms with Crippen molar-refractivity contribution in [1.82, 2.24) is 0 Å². The molecule has 0 unspecified atom stereocenters. The van der Waals surface area contributed by atoms with Crippen LogP contribution >= 0.6 is 0 Å². The van der Waals surface area contributed by atoms with Crippen molar-refractivity contribution >= 4 is 11.8 Å². The van der Waals surface area contributed by atoms with E-state index in [-0.39, 0.29) is 22.8 Å². The Morgan fingerprint density at radius 2 is 1.27 bits per heavy atom. The Kier molecular flexibility index (Phi) is 8.42. The van der Waals surface area contributed by atoms with Crippen molar-refractivity contribution in [2.24, 2.45) is 0 Å². The van der Waals surface area contributed by atoms with Gasteiger partial charge in [0.25, 0.3) is 0 Å². The molecule has 33 heavy (non-hydrogen) atoms. The van der Waals surface area contributed by atoms with Crippen LogP contribution in [-0.2, 0) is 12.8 Å². The Morgan fingerprint density at radius 1 is 0.758 bits per heavy atom. The summed E-state index contributed by atoms with van der Waals surface area (Å²) in [5, 5.41) is 10.2. The highest BCUT2D eigenvalue weighted by Gasteiger charge is 2.22. The number of ketones is 1. The van der Waals surface area contributed by atoms with Crippen molar-refractivity contribution in [3.8, 4) is 11.5 Å². The van der Waals surface area contributed by atoms with Gasteiger partial charge in [-0.3, -0.25) is 4.79 Å². The van der Waals surface area contributed by atoms with Crippen LogP contribution < -0.4 is 4.74 Å². The summed E-state index contributed by atoms with van der Waals surface area (Å²) in [6.07, 6.45) is 6.36. The van der Waals surface area contributed by atoms with Gasteiger partial charge in [-0.2, -0.15) is 0 Å². The third-order valence-electron chi connectivity index (χ3n) is 5.87. The van der Waals surface area contributed by atoms with Crippen LogP contribution in [0.3, 0.4) is 0 Å². The molecule has 0 saturated heterocycles. The van der Waals surface area contributed by atoms with Crippen LogP contribution in [0.1, 0.15) is 82.5 Å². The first-order valence-corrected chi connectivity index (χ1v) is 11.7. The predicted molar refractivity (Wildman–Crippen MR) is 131 cm³/mol. The summed E-state index contributed by atoms with van der Waals surface area (Å²) in [5.41, 5.74) is 3.84. The van der Waals surface area contributed by atoms with Gasteiger partial charge in [-0.1, -0.05) is 63.1 Å². The van der Waals surface area contributed by atoms with Crippen LogP contribution in [0.5, 0.6) is 11.5 Å². The molecule has 0 aliphatic carbocycles. The number of rotatable bonds is 10. The van der Waals surface area contributed by atoms with E-state index in [1.165, 1.54) is 23.3 Å². The average Bonchev–Trinajstić information content (AvgIpc) is 2.84. The molecule has 0 atom stereocenters. The van der Waals surface area contributed by atoms with E-state index in [2.05, 4.69) is 13.8 Å². The van der Waals surface area contributed by atoms with Gasteiger partial charge in [0.2, 0.25) is 0 Å². The maximum absolute atomic E-state index is 13.3. The fourth-order valence-electron chi connectivity index (χ4n) is 3.74. The van der Waals surface area contributed by atoms with Gasteiger partial charge in [0.1, 0.15) is 11.5 Å². The minimum absolute atomic E-state index is 0.0157. The molecule has 0 bridgehead atoms. The molecule has 0 saturated carbocycles. The Labute approximate surface area is 196 Å². The van der Waals surface area contributed by atoms with Gasteiger partial charge in [-0.25, -0.2) is 4.79 Å². The predicted octanol–water partition coefficient (Wildman–Crippen LogP) is 6.84. The molecule has 0 amide bonds. The van der Waals surface area contributed by atoms with Crippen molar-refractivity contribution in [2.75, 3.05) is 0 Å². The topological polar surface area (TPSA) is 63.6 Å². The molecule has 3 aromatic carbocycles. The van der Waals surface area contributed by atoms with Crippen LogP contribution in [0, 0.1) is 6.92 Å². The lowest BCUT2D eigenvalue weighted by molar-refractivity contribution is 0.0732. The van der Waals surface area contributed by atoms with Crippen molar-refractivity contribution in [1.29, 1.82) is 0 Å². The zero-order chi connectivity index (χ0) is 23.8. The first kappa shape index (κ1) is 24.2. The Balaban J connectivity index is 1.84. The SMILES string of the molecule is CCCCc1ccc(C(=O)Oc2ccc(O)c(C)c2C(=O)c2ccc(CCCC)cc2)cc1. The highest BCUT2D eigenvalue weighted by Crippen LogP contribution is 2.32. The molecule has 0 aliphatic heterocycles. The minimum atomic E-state index is -0.536. The summed E-state index contributed by atoms with van der Waals surface area (Å²) in [4.78, 5) is 26.1. The summed E-state index contributed by atoms with van der Waals surface area (Å²) >= 11 is 0. The maximum atomic E-state index is 13.3. The normalized spacial score (nSPS) is 10.8. The van der Waals surface area contributed by atoms with E-state index in [1.54, 1.807) is 31.2 Å². The molecule has 1 N–H and O–H groups in total. The van der Waals surface area contributed by atoms with Gasteiger partial charge >= 0.3 is 5.97 Å². The Bertz CT molecular complexity index is 1100. The van der Waals surface area contributed by atoms with E-state index in [1.807, 2.05) is 24.3 Å². The van der Waals surface area contributed by atoms with E-state index in [0.717, 1.165) is 38.5 Å². The van der Waals surface area contributed by atoms with Crippen LogP contribution in [-0.4, -0.2) is 16.9 Å². The zero-order valence-corrected chi connectivity index (χ0v) is 19.7. The van der Waals surface area contributed by atoms with Gasteiger partial charge in [0, 0.05) is 11.1 Å². The highest BCUT2D eigenvalue weighted by molar-refractivity contribution is 6.12. The number of aryl methyl sites for hydroxylation is 2. The number of carbonyl (C=O) groups excluding carboxylic acids is 2. The summed E-state index contributed by atoms with van der Waals surface area (Å²) < 4.78 is 5.64. The van der Waals surface area contributed by atoms with E-state index < -0.39 is 5.97 Å². The molecule has 3 rings (SSSR count). The second kappa shape index (κ2) is 11.5. The average molecular weight is 445 g/mol. The lowest BCUT2D eigenvalue weighted by Gasteiger charge is -2.14. The van der Waals surface area contributed by atoms with Crippen LogP contribution in [0.25, 0.3) is 0 Å². The molecule has 0 fully saturated rings. The van der Waals surface area contributed by atoms with Gasteiger partial charge in [0.15, 0.2) is 5.78 Å². The van der Waals surface area contributed by atoms with Crippen molar-refractivity contribution in [2.45, 2.75) is 59.3 Å². The number of ether oxygens (including phenoxy) is 1. The molecular formula is C29H32O4. The second-order valence-corrected chi connectivity index (χ2v) is 8.40. The van der Waals surface area contributed by atoms with Crippen LogP contribution in [0.4, 0.5) is 0 Å². The highest BCUT2D eigenvalue weighted by atomic mass is 16.5. The molecule has 0 radical (unpaired) electrons. The maximum Gasteiger partial charge on any atom is 0.343 e. The summed E-state index contributed by atoms with van der Waals surface area (Å²) in [6.45, 7) is 5.94. The number of hydrogen-bond acceptors (Lipinski definition) is 4. The summed E-state index contributed by atoms with van der Waals surface area (Å²) in [5.74, 6) is -0.697. The number of esters is 1.